The third kappa shape index (κ3) is 4.21. The lowest BCUT2D eigenvalue weighted by Gasteiger charge is -2.35. The number of hydrogen-bond acceptors (Lipinski definition) is 3. The van der Waals surface area contributed by atoms with Crippen molar-refractivity contribution >= 4 is 10.0 Å². The largest absolute Gasteiger partial charge is 0.378 e. The summed E-state index contributed by atoms with van der Waals surface area (Å²) in [4.78, 5) is 0. The zero-order valence-corrected chi connectivity index (χ0v) is 11.9. The molecule has 2 N–H and O–H groups in total. The minimum absolute atomic E-state index is 0.0900. The van der Waals surface area contributed by atoms with Crippen molar-refractivity contribution in [2.75, 3.05) is 12.4 Å². The third-order valence-corrected chi connectivity index (χ3v) is 5.36. The summed E-state index contributed by atoms with van der Waals surface area (Å²) in [5, 5.41) is 5.27. The molecular formula is C13H25NO3S. The van der Waals surface area contributed by atoms with Gasteiger partial charge in [-0.15, -0.1) is 0 Å². The lowest BCUT2D eigenvalue weighted by molar-refractivity contribution is -0.0432. The molecule has 0 aromatic carbocycles. The molecule has 18 heavy (non-hydrogen) atoms. The maximum atomic E-state index is 11.5. The highest BCUT2D eigenvalue weighted by atomic mass is 32.2. The fraction of sp³-hybridized carbons (Fsp3) is 1.00. The van der Waals surface area contributed by atoms with Crippen molar-refractivity contribution in [3.05, 3.63) is 0 Å². The number of primary sulfonamides is 1. The quantitative estimate of drug-likeness (QED) is 0.782. The molecule has 0 aliphatic heterocycles. The molecule has 0 atom stereocenters. The van der Waals surface area contributed by atoms with Gasteiger partial charge in [-0.25, -0.2) is 13.6 Å². The van der Waals surface area contributed by atoms with Crippen LogP contribution in [-0.4, -0.2) is 26.9 Å². The fourth-order valence-electron chi connectivity index (χ4n) is 3.07. The minimum Gasteiger partial charge on any atom is -0.378 e. The zero-order chi connectivity index (χ0) is 13.1. The smallest absolute Gasteiger partial charge is 0.209 e. The Kier molecular flexibility index (Phi) is 4.67. The van der Waals surface area contributed by atoms with Crippen molar-refractivity contribution in [3.63, 3.8) is 0 Å². The van der Waals surface area contributed by atoms with Gasteiger partial charge in [0.15, 0.2) is 0 Å². The van der Waals surface area contributed by atoms with Crippen LogP contribution < -0.4 is 5.14 Å². The van der Waals surface area contributed by atoms with Crippen molar-refractivity contribution in [1.82, 2.24) is 0 Å². The van der Waals surface area contributed by atoms with E-state index in [1.165, 1.54) is 19.3 Å². The summed E-state index contributed by atoms with van der Waals surface area (Å²) in [6.07, 6.45) is 10.4. The molecule has 106 valence electrons. The van der Waals surface area contributed by atoms with E-state index in [0.29, 0.717) is 12.7 Å². The lowest BCUT2D eigenvalue weighted by Crippen LogP contribution is -2.39. The first kappa shape index (κ1) is 14.3. The second kappa shape index (κ2) is 5.88. The average molecular weight is 275 g/mol. The summed E-state index contributed by atoms with van der Waals surface area (Å²) in [7, 11) is -3.41. The van der Waals surface area contributed by atoms with Gasteiger partial charge in [-0.05, 0) is 32.1 Å². The molecule has 0 unspecified atom stereocenters. The van der Waals surface area contributed by atoms with E-state index in [-0.39, 0.29) is 11.2 Å². The first-order chi connectivity index (χ1) is 8.49. The maximum absolute atomic E-state index is 11.5. The van der Waals surface area contributed by atoms with Gasteiger partial charge in [-0.2, -0.15) is 0 Å². The van der Waals surface area contributed by atoms with E-state index in [9.17, 15) is 8.42 Å². The summed E-state index contributed by atoms with van der Waals surface area (Å²) in [5.41, 5.74) is -0.223. The van der Waals surface area contributed by atoms with E-state index in [4.69, 9.17) is 9.88 Å². The Bertz CT molecular complexity index is 354. The zero-order valence-electron chi connectivity index (χ0n) is 11.1. The van der Waals surface area contributed by atoms with E-state index in [2.05, 4.69) is 0 Å². The Morgan fingerprint density at radius 1 is 1.06 bits per heavy atom. The first-order valence-corrected chi connectivity index (χ1v) is 8.83. The second-order valence-corrected chi connectivity index (χ2v) is 7.70. The van der Waals surface area contributed by atoms with Gasteiger partial charge in [0.25, 0.3) is 0 Å². The van der Waals surface area contributed by atoms with Crippen molar-refractivity contribution in [2.24, 2.45) is 10.6 Å². The van der Waals surface area contributed by atoms with E-state index in [0.717, 1.165) is 38.5 Å². The fourth-order valence-corrected chi connectivity index (χ4v) is 4.29. The monoisotopic (exact) mass is 275 g/mol. The Morgan fingerprint density at radius 3 is 2.11 bits per heavy atom. The SMILES string of the molecule is NS(=O)(=O)CC1(COC2CCC2)CCCCCC1. The molecule has 0 radical (unpaired) electrons. The van der Waals surface area contributed by atoms with Crippen LogP contribution in [0.25, 0.3) is 0 Å². The standard InChI is InChI=1S/C13H25NO3S/c14-18(15,16)11-13(8-3-1-2-4-9-13)10-17-12-6-5-7-12/h12H,1-11H2,(H2,14,15,16). The molecule has 0 aromatic heterocycles. The highest BCUT2D eigenvalue weighted by Crippen LogP contribution is 2.37. The van der Waals surface area contributed by atoms with Crippen LogP contribution in [-0.2, 0) is 14.8 Å². The van der Waals surface area contributed by atoms with E-state index < -0.39 is 10.0 Å². The molecule has 2 aliphatic carbocycles. The van der Waals surface area contributed by atoms with Gasteiger partial charge in [0.1, 0.15) is 0 Å². The van der Waals surface area contributed by atoms with Crippen molar-refractivity contribution in [3.8, 4) is 0 Å². The van der Waals surface area contributed by atoms with Gasteiger partial charge >= 0.3 is 0 Å². The minimum atomic E-state index is -3.41. The summed E-state index contributed by atoms with van der Waals surface area (Å²) in [5.74, 6) is 0.0900. The van der Waals surface area contributed by atoms with Gasteiger partial charge in [-0.1, -0.05) is 25.7 Å². The number of hydrogen-bond donors (Lipinski definition) is 1. The predicted molar refractivity (Wildman–Crippen MR) is 71.7 cm³/mol. The number of ether oxygens (including phenoxy) is 1. The molecule has 0 spiro atoms. The molecule has 0 saturated heterocycles. The molecule has 4 nitrogen and oxygen atoms in total. The van der Waals surface area contributed by atoms with Crippen LogP contribution in [0.5, 0.6) is 0 Å². The van der Waals surface area contributed by atoms with Crippen molar-refractivity contribution in [1.29, 1.82) is 0 Å². The van der Waals surface area contributed by atoms with Gasteiger partial charge in [-0.3, -0.25) is 0 Å². The summed E-state index contributed by atoms with van der Waals surface area (Å²) in [6, 6.07) is 0. The van der Waals surface area contributed by atoms with Crippen LogP contribution in [0.1, 0.15) is 57.8 Å². The highest BCUT2D eigenvalue weighted by Gasteiger charge is 2.36. The van der Waals surface area contributed by atoms with Crippen molar-refractivity contribution in [2.45, 2.75) is 63.9 Å². The van der Waals surface area contributed by atoms with Crippen LogP contribution in [0, 0.1) is 5.41 Å². The summed E-state index contributed by atoms with van der Waals surface area (Å²) in [6.45, 7) is 0.577. The number of nitrogens with two attached hydrogens (primary N) is 1. The summed E-state index contributed by atoms with van der Waals surface area (Å²) >= 11 is 0. The van der Waals surface area contributed by atoms with E-state index >= 15 is 0 Å². The Balaban J connectivity index is 1.99. The van der Waals surface area contributed by atoms with Crippen LogP contribution >= 0.6 is 0 Å². The third-order valence-electron chi connectivity index (χ3n) is 4.35. The predicted octanol–water partition coefficient (Wildman–Crippen LogP) is 2.18. The number of rotatable bonds is 5. The molecule has 2 rings (SSSR count). The van der Waals surface area contributed by atoms with Crippen LogP contribution in [0.2, 0.25) is 0 Å². The molecular weight excluding hydrogens is 250 g/mol. The van der Waals surface area contributed by atoms with Crippen LogP contribution in [0.3, 0.4) is 0 Å². The van der Waals surface area contributed by atoms with Crippen LogP contribution in [0.4, 0.5) is 0 Å². The maximum Gasteiger partial charge on any atom is 0.209 e. The molecule has 0 amide bonds. The van der Waals surface area contributed by atoms with Gasteiger partial charge < -0.3 is 4.74 Å². The molecule has 2 aliphatic rings. The average Bonchev–Trinajstić information content (AvgIpc) is 2.39. The second-order valence-electron chi connectivity index (χ2n) is 6.09. The first-order valence-electron chi connectivity index (χ1n) is 7.11. The Labute approximate surface area is 110 Å². The van der Waals surface area contributed by atoms with Gasteiger partial charge in [0, 0.05) is 5.41 Å². The Hall–Kier alpha value is -0.130. The number of sulfonamides is 1. The molecule has 2 fully saturated rings. The van der Waals surface area contributed by atoms with Gasteiger partial charge in [0.2, 0.25) is 10.0 Å². The van der Waals surface area contributed by atoms with Gasteiger partial charge in [0.05, 0.1) is 18.5 Å². The topological polar surface area (TPSA) is 69.4 Å². The Morgan fingerprint density at radius 2 is 1.67 bits per heavy atom. The lowest BCUT2D eigenvalue weighted by atomic mass is 9.83. The van der Waals surface area contributed by atoms with E-state index in [1.54, 1.807) is 0 Å². The van der Waals surface area contributed by atoms with Crippen LogP contribution in [0.15, 0.2) is 0 Å². The molecule has 0 heterocycles. The molecule has 5 heteroatoms. The highest BCUT2D eigenvalue weighted by molar-refractivity contribution is 7.89. The summed E-state index contributed by atoms with van der Waals surface area (Å²) < 4.78 is 28.8. The molecule has 0 bridgehead atoms. The van der Waals surface area contributed by atoms with E-state index in [1.807, 2.05) is 0 Å². The molecule has 2 saturated carbocycles. The normalized spacial score (nSPS) is 25.4. The van der Waals surface area contributed by atoms with Crippen molar-refractivity contribution < 1.29 is 13.2 Å². The molecule has 0 aromatic rings.